The van der Waals surface area contributed by atoms with E-state index < -0.39 is 0 Å². The summed E-state index contributed by atoms with van der Waals surface area (Å²) in [7, 11) is 1.64. The average molecular weight is 412 g/mol. The zero-order valence-corrected chi connectivity index (χ0v) is 17.4. The maximum Gasteiger partial charge on any atom is 0.255 e. The van der Waals surface area contributed by atoms with E-state index in [0.717, 1.165) is 33.9 Å². The quantitative estimate of drug-likeness (QED) is 0.453. The van der Waals surface area contributed by atoms with Crippen LogP contribution in [0.15, 0.2) is 71.6 Å². The summed E-state index contributed by atoms with van der Waals surface area (Å²) in [6.07, 6.45) is 0.863. The summed E-state index contributed by atoms with van der Waals surface area (Å²) in [6, 6.07) is 21.1. The molecule has 144 valence electrons. The van der Waals surface area contributed by atoms with Gasteiger partial charge in [-0.1, -0.05) is 36.7 Å². The van der Waals surface area contributed by atoms with Crippen LogP contribution in [0.25, 0.3) is 0 Å². The van der Waals surface area contributed by atoms with Gasteiger partial charge in [0.15, 0.2) is 0 Å². The molecule has 0 radical (unpaired) electrons. The summed E-state index contributed by atoms with van der Waals surface area (Å²) < 4.78 is 5.48. The van der Waals surface area contributed by atoms with Crippen molar-refractivity contribution in [1.29, 1.82) is 0 Å². The summed E-state index contributed by atoms with van der Waals surface area (Å²) in [5, 5.41) is 3.74. The second-order valence-electron chi connectivity index (χ2n) is 6.23. The number of thioether (sulfide) groups is 1. The first-order chi connectivity index (χ1) is 13.6. The predicted octanol–water partition coefficient (Wildman–Crippen LogP) is 6.46. The Bertz CT molecular complexity index is 957. The molecule has 1 amide bonds. The number of carbonyl (C=O) groups is 1. The predicted molar refractivity (Wildman–Crippen MR) is 118 cm³/mol. The van der Waals surface area contributed by atoms with Crippen LogP contribution in [0, 0.1) is 0 Å². The number of hydrogen-bond donors (Lipinski definition) is 1. The van der Waals surface area contributed by atoms with Crippen molar-refractivity contribution < 1.29 is 9.53 Å². The Balaban J connectivity index is 1.77. The number of anilines is 1. The van der Waals surface area contributed by atoms with Gasteiger partial charge < -0.3 is 10.1 Å². The molecular formula is C23H22ClNO2S. The van der Waals surface area contributed by atoms with Gasteiger partial charge in [-0.25, -0.2) is 0 Å². The minimum Gasteiger partial charge on any atom is -0.496 e. The van der Waals surface area contributed by atoms with Gasteiger partial charge >= 0.3 is 0 Å². The van der Waals surface area contributed by atoms with E-state index in [1.165, 1.54) is 0 Å². The number of amides is 1. The smallest absolute Gasteiger partial charge is 0.255 e. The average Bonchev–Trinajstić information content (AvgIpc) is 2.73. The lowest BCUT2D eigenvalue weighted by atomic mass is 10.1. The molecule has 0 bridgehead atoms. The van der Waals surface area contributed by atoms with Gasteiger partial charge in [0.05, 0.1) is 7.11 Å². The van der Waals surface area contributed by atoms with Crippen LogP contribution in [0.3, 0.4) is 0 Å². The van der Waals surface area contributed by atoms with Crippen LogP contribution in [0.4, 0.5) is 5.69 Å². The van der Waals surface area contributed by atoms with E-state index in [2.05, 4.69) is 12.2 Å². The van der Waals surface area contributed by atoms with Gasteiger partial charge in [-0.15, -0.1) is 11.8 Å². The molecular weight excluding hydrogens is 390 g/mol. The second kappa shape index (κ2) is 9.67. The Kier molecular flexibility index (Phi) is 7.01. The minimum absolute atomic E-state index is 0.124. The molecule has 0 atom stereocenters. The van der Waals surface area contributed by atoms with Gasteiger partial charge in [-0.05, 0) is 60.5 Å². The number of ether oxygens (including phenoxy) is 1. The Hall–Kier alpha value is -2.43. The molecule has 5 heteroatoms. The molecule has 0 spiro atoms. The molecule has 3 aromatic carbocycles. The summed E-state index contributed by atoms with van der Waals surface area (Å²) in [5.74, 6) is 1.34. The van der Waals surface area contributed by atoms with E-state index in [0.29, 0.717) is 16.3 Å². The molecule has 0 aromatic heterocycles. The van der Waals surface area contributed by atoms with Crippen molar-refractivity contribution in [2.45, 2.75) is 24.0 Å². The highest BCUT2D eigenvalue weighted by molar-refractivity contribution is 7.98. The van der Waals surface area contributed by atoms with Gasteiger partial charge in [0.25, 0.3) is 5.91 Å². The first-order valence-electron chi connectivity index (χ1n) is 9.05. The standard InChI is InChI=1S/C23H22ClNO2S/c1-3-16-6-4-5-7-21(16)25-23(26)17-8-13-22(27-2)18(14-17)15-28-20-11-9-19(24)10-12-20/h4-14H,3,15H2,1-2H3,(H,25,26). The van der Waals surface area contributed by atoms with E-state index in [1.54, 1.807) is 24.9 Å². The molecule has 0 heterocycles. The Morgan fingerprint density at radius 1 is 1.04 bits per heavy atom. The van der Waals surface area contributed by atoms with E-state index in [-0.39, 0.29) is 5.91 Å². The van der Waals surface area contributed by atoms with Crippen molar-refractivity contribution in [3.05, 3.63) is 88.4 Å². The number of methoxy groups -OCH3 is 1. The van der Waals surface area contributed by atoms with Gasteiger partial charge in [0.2, 0.25) is 0 Å². The number of para-hydroxylation sites is 1. The Labute approximate surface area is 175 Å². The lowest BCUT2D eigenvalue weighted by Crippen LogP contribution is -2.13. The number of hydrogen-bond acceptors (Lipinski definition) is 3. The molecule has 1 N–H and O–H groups in total. The fraction of sp³-hybridized carbons (Fsp3) is 0.174. The third-order valence-electron chi connectivity index (χ3n) is 4.40. The molecule has 0 aliphatic heterocycles. The number of benzene rings is 3. The van der Waals surface area contributed by atoms with Crippen molar-refractivity contribution in [1.82, 2.24) is 0 Å². The third kappa shape index (κ3) is 5.09. The minimum atomic E-state index is -0.124. The van der Waals surface area contributed by atoms with Crippen LogP contribution in [0.2, 0.25) is 5.02 Å². The summed E-state index contributed by atoms with van der Waals surface area (Å²) >= 11 is 7.62. The number of rotatable bonds is 7. The highest BCUT2D eigenvalue weighted by atomic mass is 35.5. The fourth-order valence-electron chi connectivity index (χ4n) is 2.87. The Morgan fingerprint density at radius 2 is 1.79 bits per heavy atom. The number of halogens is 1. The van der Waals surface area contributed by atoms with E-state index in [9.17, 15) is 4.79 Å². The van der Waals surface area contributed by atoms with Crippen LogP contribution in [0.1, 0.15) is 28.4 Å². The molecule has 0 aliphatic rings. The largest absolute Gasteiger partial charge is 0.496 e. The number of carbonyl (C=O) groups excluding carboxylic acids is 1. The third-order valence-corrected chi connectivity index (χ3v) is 5.71. The highest BCUT2D eigenvalue weighted by Gasteiger charge is 2.12. The van der Waals surface area contributed by atoms with Crippen molar-refractivity contribution in [3.63, 3.8) is 0 Å². The molecule has 28 heavy (non-hydrogen) atoms. The summed E-state index contributed by atoms with van der Waals surface area (Å²) in [5.41, 5.74) is 3.54. The summed E-state index contributed by atoms with van der Waals surface area (Å²) in [6.45, 7) is 2.07. The molecule has 3 rings (SSSR count). The van der Waals surface area contributed by atoms with Crippen LogP contribution in [-0.4, -0.2) is 13.0 Å². The molecule has 3 aromatic rings. The van der Waals surface area contributed by atoms with E-state index >= 15 is 0 Å². The second-order valence-corrected chi connectivity index (χ2v) is 7.72. The zero-order chi connectivity index (χ0) is 19.9. The maximum absolute atomic E-state index is 12.8. The lowest BCUT2D eigenvalue weighted by Gasteiger charge is -2.13. The van der Waals surface area contributed by atoms with Gasteiger partial charge in [0, 0.05) is 32.5 Å². The SMILES string of the molecule is CCc1ccccc1NC(=O)c1ccc(OC)c(CSc2ccc(Cl)cc2)c1. The Morgan fingerprint density at radius 3 is 2.50 bits per heavy atom. The van der Waals surface area contributed by atoms with E-state index in [4.69, 9.17) is 16.3 Å². The van der Waals surface area contributed by atoms with Gasteiger partial charge in [0.1, 0.15) is 5.75 Å². The molecule has 0 fully saturated rings. The lowest BCUT2D eigenvalue weighted by molar-refractivity contribution is 0.102. The van der Waals surface area contributed by atoms with Crippen LogP contribution < -0.4 is 10.1 Å². The normalized spacial score (nSPS) is 10.5. The number of aryl methyl sites for hydroxylation is 1. The molecule has 0 unspecified atom stereocenters. The van der Waals surface area contributed by atoms with Crippen LogP contribution in [0.5, 0.6) is 5.75 Å². The van der Waals surface area contributed by atoms with Gasteiger partial charge in [-0.3, -0.25) is 4.79 Å². The monoisotopic (exact) mass is 411 g/mol. The van der Waals surface area contributed by atoms with Gasteiger partial charge in [-0.2, -0.15) is 0 Å². The highest BCUT2D eigenvalue weighted by Crippen LogP contribution is 2.30. The molecule has 0 saturated carbocycles. The maximum atomic E-state index is 12.8. The van der Waals surface area contributed by atoms with Crippen LogP contribution >= 0.6 is 23.4 Å². The first-order valence-corrected chi connectivity index (χ1v) is 10.4. The zero-order valence-electron chi connectivity index (χ0n) is 15.9. The summed E-state index contributed by atoms with van der Waals surface area (Å²) in [4.78, 5) is 13.9. The van der Waals surface area contributed by atoms with Crippen molar-refractivity contribution in [3.8, 4) is 5.75 Å². The van der Waals surface area contributed by atoms with Crippen molar-refractivity contribution >= 4 is 35.0 Å². The van der Waals surface area contributed by atoms with Crippen molar-refractivity contribution in [2.75, 3.05) is 12.4 Å². The fourth-order valence-corrected chi connectivity index (χ4v) is 3.87. The molecule has 0 saturated heterocycles. The first kappa shape index (κ1) is 20.3. The van der Waals surface area contributed by atoms with Crippen LogP contribution in [-0.2, 0) is 12.2 Å². The molecule has 0 aliphatic carbocycles. The number of nitrogens with one attached hydrogen (secondary N) is 1. The van der Waals surface area contributed by atoms with E-state index in [1.807, 2.05) is 60.7 Å². The van der Waals surface area contributed by atoms with Crippen molar-refractivity contribution in [2.24, 2.45) is 0 Å². The topological polar surface area (TPSA) is 38.3 Å². The molecule has 3 nitrogen and oxygen atoms in total.